The van der Waals surface area contributed by atoms with E-state index in [0.29, 0.717) is 31.5 Å². The van der Waals surface area contributed by atoms with Gasteiger partial charge >= 0.3 is 0 Å². The van der Waals surface area contributed by atoms with Crippen molar-refractivity contribution in [1.82, 2.24) is 14.9 Å². The number of hydrogen-bond acceptors (Lipinski definition) is 3. The van der Waals surface area contributed by atoms with Gasteiger partial charge in [-0.15, -0.1) is 0 Å². The minimum absolute atomic E-state index is 0.0193. The highest BCUT2D eigenvalue weighted by Crippen LogP contribution is 2.28. The van der Waals surface area contributed by atoms with Crippen molar-refractivity contribution in [1.29, 1.82) is 0 Å². The van der Waals surface area contributed by atoms with Gasteiger partial charge in [0.1, 0.15) is 5.65 Å². The fourth-order valence-electron chi connectivity index (χ4n) is 4.03. The van der Waals surface area contributed by atoms with Crippen molar-refractivity contribution in [3.05, 3.63) is 78.5 Å². The van der Waals surface area contributed by atoms with E-state index in [2.05, 4.69) is 34.2 Å². The second-order valence-corrected chi connectivity index (χ2v) is 7.82. The van der Waals surface area contributed by atoms with Crippen molar-refractivity contribution in [3.8, 4) is 22.4 Å². The number of carbonyl (C=O) groups is 1. The zero-order chi connectivity index (χ0) is 20.5. The maximum atomic E-state index is 12.9. The zero-order valence-corrected chi connectivity index (χ0v) is 16.6. The minimum atomic E-state index is -0.291. The van der Waals surface area contributed by atoms with Gasteiger partial charge in [0.15, 0.2) is 0 Å². The van der Waals surface area contributed by atoms with Gasteiger partial charge in [0.05, 0.1) is 6.10 Å². The Kier molecular flexibility index (Phi) is 4.81. The standard InChI is InChI=1S/C25H23N3O2/c29-22-9-11-28(12-10-22)25(30)19-8-4-7-18(13-19)21-14-20-15-23(27-24(20)26-16-21)17-5-2-1-3-6-17/h1-8,13-16,22,29H,9-12H2,(H,26,27). The fourth-order valence-corrected chi connectivity index (χ4v) is 4.03. The summed E-state index contributed by atoms with van der Waals surface area (Å²) in [5.74, 6) is 0.0193. The molecule has 1 saturated heterocycles. The van der Waals surface area contributed by atoms with Gasteiger partial charge in [0.25, 0.3) is 5.91 Å². The molecule has 0 unspecified atom stereocenters. The van der Waals surface area contributed by atoms with E-state index in [9.17, 15) is 9.90 Å². The number of piperidine rings is 1. The van der Waals surface area contributed by atoms with E-state index >= 15 is 0 Å². The van der Waals surface area contributed by atoms with Gasteiger partial charge < -0.3 is 15.0 Å². The van der Waals surface area contributed by atoms with Gasteiger partial charge in [0.2, 0.25) is 0 Å². The summed E-state index contributed by atoms with van der Waals surface area (Å²) in [5, 5.41) is 10.7. The lowest BCUT2D eigenvalue weighted by Crippen LogP contribution is -2.40. The van der Waals surface area contributed by atoms with Crippen LogP contribution in [0.1, 0.15) is 23.2 Å². The quantitative estimate of drug-likeness (QED) is 0.535. The van der Waals surface area contributed by atoms with E-state index in [4.69, 9.17) is 0 Å². The smallest absolute Gasteiger partial charge is 0.253 e. The summed E-state index contributed by atoms with van der Waals surface area (Å²) in [7, 11) is 0. The minimum Gasteiger partial charge on any atom is -0.393 e. The monoisotopic (exact) mass is 397 g/mol. The molecule has 3 heterocycles. The number of H-pyrrole nitrogens is 1. The molecule has 150 valence electrons. The van der Waals surface area contributed by atoms with Crippen molar-refractivity contribution in [2.75, 3.05) is 13.1 Å². The number of amides is 1. The third-order valence-corrected chi connectivity index (χ3v) is 5.75. The zero-order valence-electron chi connectivity index (χ0n) is 16.6. The van der Waals surface area contributed by atoms with Crippen LogP contribution >= 0.6 is 0 Å². The predicted octanol–water partition coefficient (Wildman–Crippen LogP) is 4.49. The Morgan fingerprint density at radius 2 is 1.70 bits per heavy atom. The van der Waals surface area contributed by atoms with E-state index in [1.54, 1.807) is 0 Å². The number of rotatable bonds is 3. The number of aromatic amines is 1. The molecular weight excluding hydrogens is 374 g/mol. The number of aromatic nitrogens is 2. The number of fused-ring (bicyclic) bond motifs is 1. The summed E-state index contributed by atoms with van der Waals surface area (Å²) < 4.78 is 0. The Balaban J connectivity index is 1.44. The highest BCUT2D eigenvalue weighted by molar-refractivity contribution is 5.96. The third-order valence-electron chi connectivity index (χ3n) is 5.75. The first-order valence-corrected chi connectivity index (χ1v) is 10.3. The summed E-state index contributed by atoms with van der Waals surface area (Å²) >= 11 is 0. The summed E-state index contributed by atoms with van der Waals surface area (Å²) in [6.07, 6.45) is 2.83. The Morgan fingerprint density at radius 1 is 0.933 bits per heavy atom. The van der Waals surface area contributed by atoms with Crippen LogP contribution in [0.4, 0.5) is 0 Å². The highest BCUT2D eigenvalue weighted by Gasteiger charge is 2.22. The molecule has 0 atom stereocenters. The van der Waals surface area contributed by atoms with Crippen LogP contribution in [0, 0.1) is 0 Å². The summed E-state index contributed by atoms with van der Waals surface area (Å²) in [5.41, 5.74) is 5.61. The topological polar surface area (TPSA) is 69.2 Å². The van der Waals surface area contributed by atoms with E-state index in [1.165, 1.54) is 0 Å². The number of hydrogen-bond donors (Lipinski definition) is 2. The lowest BCUT2D eigenvalue weighted by molar-refractivity contribution is 0.0546. The molecule has 5 heteroatoms. The van der Waals surface area contributed by atoms with Crippen molar-refractivity contribution >= 4 is 16.9 Å². The number of aliphatic hydroxyl groups excluding tert-OH is 1. The van der Waals surface area contributed by atoms with E-state index in [-0.39, 0.29) is 12.0 Å². The highest BCUT2D eigenvalue weighted by atomic mass is 16.3. The molecule has 1 fully saturated rings. The molecule has 2 aromatic heterocycles. The molecule has 5 nitrogen and oxygen atoms in total. The largest absolute Gasteiger partial charge is 0.393 e. The first kappa shape index (κ1) is 18.6. The fraction of sp³-hybridized carbons (Fsp3) is 0.200. The summed E-state index contributed by atoms with van der Waals surface area (Å²) in [6.45, 7) is 1.20. The molecule has 1 aliphatic rings. The van der Waals surface area contributed by atoms with E-state index in [0.717, 1.165) is 33.4 Å². The molecule has 0 bridgehead atoms. The van der Waals surface area contributed by atoms with Crippen LogP contribution in [0.3, 0.4) is 0 Å². The Bertz CT molecular complexity index is 1190. The van der Waals surface area contributed by atoms with E-state index in [1.807, 2.05) is 53.6 Å². The van der Waals surface area contributed by atoms with Gasteiger partial charge in [-0.25, -0.2) is 4.98 Å². The molecule has 30 heavy (non-hydrogen) atoms. The lowest BCUT2D eigenvalue weighted by atomic mass is 10.0. The number of nitrogens with one attached hydrogen (secondary N) is 1. The van der Waals surface area contributed by atoms with Crippen molar-refractivity contribution < 1.29 is 9.90 Å². The Labute approximate surface area is 175 Å². The average Bonchev–Trinajstić information content (AvgIpc) is 3.23. The molecule has 2 N–H and O–H groups in total. The second-order valence-electron chi connectivity index (χ2n) is 7.82. The molecule has 1 aliphatic heterocycles. The Morgan fingerprint density at radius 3 is 2.50 bits per heavy atom. The summed E-state index contributed by atoms with van der Waals surface area (Å²) in [4.78, 5) is 22.7. The number of aliphatic hydroxyl groups is 1. The number of carbonyl (C=O) groups excluding carboxylic acids is 1. The molecule has 2 aromatic carbocycles. The molecule has 0 spiro atoms. The van der Waals surface area contributed by atoms with Gasteiger partial charge in [-0.2, -0.15) is 0 Å². The first-order valence-electron chi connectivity index (χ1n) is 10.3. The van der Waals surface area contributed by atoms with Crippen LogP contribution in [0.5, 0.6) is 0 Å². The van der Waals surface area contributed by atoms with Crippen molar-refractivity contribution in [3.63, 3.8) is 0 Å². The molecule has 0 saturated carbocycles. The van der Waals surface area contributed by atoms with Crippen LogP contribution in [-0.2, 0) is 0 Å². The molecule has 0 radical (unpaired) electrons. The van der Waals surface area contributed by atoms with Crippen LogP contribution in [0.15, 0.2) is 72.9 Å². The van der Waals surface area contributed by atoms with Gasteiger partial charge in [-0.3, -0.25) is 4.79 Å². The molecule has 5 rings (SSSR count). The van der Waals surface area contributed by atoms with Gasteiger partial charge in [-0.05, 0) is 48.2 Å². The molecule has 1 amide bonds. The maximum absolute atomic E-state index is 12.9. The number of pyridine rings is 1. The van der Waals surface area contributed by atoms with Gasteiger partial charge in [0, 0.05) is 41.5 Å². The third kappa shape index (κ3) is 3.60. The summed E-state index contributed by atoms with van der Waals surface area (Å²) in [6, 6.07) is 22.1. The SMILES string of the molecule is O=C(c1cccc(-c2cnc3[nH]c(-c4ccccc4)cc3c2)c1)N1CCC(O)CC1. The second kappa shape index (κ2) is 7.76. The number of nitrogens with zero attached hydrogens (tertiary/aromatic N) is 2. The Hall–Kier alpha value is -3.44. The van der Waals surface area contributed by atoms with Crippen LogP contribution < -0.4 is 0 Å². The number of likely N-dealkylation sites (tertiary alicyclic amines) is 1. The average molecular weight is 397 g/mol. The lowest BCUT2D eigenvalue weighted by Gasteiger charge is -2.29. The normalized spacial score (nSPS) is 14.9. The van der Waals surface area contributed by atoms with Crippen LogP contribution in [-0.4, -0.2) is 45.1 Å². The molecule has 4 aromatic rings. The van der Waals surface area contributed by atoms with Crippen LogP contribution in [0.2, 0.25) is 0 Å². The molecule has 0 aliphatic carbocycles. The van der Waals surface area contributed by atoms with E-state index < -0.39 is 0 Å². The van der Waals surface area contributed by atoms with Crippen molar-refractivity contribution in [2.24, 2.45) is 0 Å². The number of benzene rings is 2. The van der Waals surface area contributed by atoms with Crippen LogP contribution in [0.25, 0.3) is 33.4 Å². The predicted molar refractivity (Wildman–Crippen MR) is 118 cm³/mol. The van der Waals surface area contributed by atoms with Gasteiger partial charge in [-0.1, -0.05) is 42.5 Å². The molecular formula is C25H23N3O2. The first-order chi connectivity index (χ1) is 14.7. The maximum Gasteiger partial charge on any atom is 0.253 e. The van der Waals surface area contributed by atoms with Crippen molar-refractivity contribution in [2.45, 2.75) is 18.9 Å².